The Bertz CT molecular complexity index is 691. The summed E-state index contributed by atoms with van der Waals surface area (Å²) in [7, 11) is 0. The molecule has 2 N–H and O–H groups in total. The Morgan fingerprint density at radius 1 is 1.32 bits per heavy atom. The lowest BCUT2D eigenvalue weighted by Gasteiger charge is -2.23. The van der Waals surface area contributed by atoms with Crippen LogP contribution in [0.4, 0.5) is 0 Å². The summed E-state index contributed by atoms with van der Waals surface area (Å²) in [5.41, 5.74) is 4.02. The Kier molecular flexibility index (Phi) is 5.53. The molecular formula is C20H27N3O2. The molecule has 134 valence electrons. The summed E-state index contributed by atoms with van der Waals surface area (Å²) >= 11 is 0. The molecule has 0 aliphatic heterocycles. The maximum Gasteiger partial charge on any atom is 0.227 e. The van der Waals surface area contributed by atoms with Crippen molar-refractivity contribution in [1.82, 2.24) is 15.5 Å². The maximum atomic E-state index is 12.7. The standard InChI is InChI=1S/C20H27N3O2/c1-13(19-14(2)22-23-15(19)3)20(24)21-17-10-7-11-18(17)25-12-16-8-5-4-6-9-16/h4-6,8-9,13,17-18H,7,10-12H2,1-3H3,(H,21,24)(H,22,23). The summed E-state index contributed by atoms with van der Waals surface area (Å²) in [5.74, 6) is -0.165. The average Bonchev–Trinajstić information content (AvgIpc) is 3.19. The summed E-state index contributed by atoms with van der Waals surface area (Å²) < 4.78 is 6.09. The van der Waals surface area contributed by atoms with Crippen molar-refractivity contribution in [1.29, 1.82) is 0 Å². The van der Waals surface area contributed by atoms with Gasteiger partial charge < -0.3 is 10.1 Å². The summed E-state index contributed by atoms with van der Waals surface area (Å²) in [6, 6.07) is 10.3. The molecule has 1 aromatic heterocycles. The minimum Gasteiger partial charge on any atom is -0.371 e. The normalized spacial score (nSPS) is 21.2. The molecule has 1 aromatic carbocycles. The van der Waals surface area contributed by atoms with Crippen LogP contribution in [0.25, 0.3) is 0 Å². The number of aryl methyl sites for hydroxylation is 2. The molecule has 1 aliphatic carbocycles. The second-order valence-corrected chi connectivity index (χ2v) is 6.95. The number of H-pyrrole nitrogens is 1. The van der Waals surface area contributed by atoms with Crippen LogP contribution in [0.1, 0.15) is 54.6 Å². The third-order valence-electron chi connectivity index (χ3n) is 5.10. The van der Waals surface area contributed by atoms with Gasteiger partial charge >= 0.3 is 0 Å². The molecule has 0 spiro atoms. The molecule has 0 bridgehead atoms. The highest BCUT2D eigenvalue weighted by Crippen LogP contribution is 2.26. The highest BCUT2D eigenvalue weighted by atomic mass is 16.5. The van der Waals surface area contributed by atoms with E-state index in [-0.39, 0.29) is 24.0 Å². The topological polar surface area (TPSA) is 67.0 Å². The van der Waals surface area contributed by atoms with Crippen LogP contribution in [-0.2, 0) is 16.1 Å². The van der Waals surface area contributed by atoms with E-state index in [1.54, 1.807) is 0 Å². The van der Waals surface area contributed by atoms with Gasteiger partial charge in [-0.15, -0.1) is 0 Å². The van der Waals surface area contributed by atoms with E-state index in [9.17, 15) is 4.79 Å². The zero-order valence-electron chi connectivity index (χ0n) is 15.2. The van der Waals surface area contributed by atoms with Gasteiger partial charge in [-0.25, -0.2) is 0 Å². The summed E-state index contributed by atoms with van der Waals surface area (Å²) in [6.45, 7) is 6.42. The van der Waals surface area contributed by atoms with Gasteiger partial charge in [0.2, 0.25) is 5.91 Å². The molecular weight excluding hydrogens is 314 g/mol. The fourth-order valence-corrected chi connectivity index (χ4v) is 3.70. The molecule has 2 aromatic rings. The number of aromatic nitrogens is 2. The molecule has 1 heterocycles. The first-order valence-electron chi connectivity index (χ1n) is 9.03. The van der Waals surface area contributed by atoms with Crippen LogP contribution in [-0.4, -0.2) is 28.3 Å². The molecule has 5 nitrogen and oxygen atoms in total. The van der Waals surface area contributed by atoms with Crippen LogP contribution in [0.5, 0.6) is 0 Å². The number of rotatable bonds is 6. The molecule has 3 atom stereocenters. The zero-order valence-corrected chi connectivity index (χ0v) is 15.2. The Balaban J connectivity index is 1.58. The van der Waals surface area contributed by atoms with E-state index in [2.05, 4.69) is 27.6 Å². The van der Waals surface area contributed by atoms with Crippen molar-refractivity contribution >= 4 is 5.91 Å². The smallest absolute Gasteiger partial charge is 0.227 e. The number of carbonyl (C=O) groups is 1. The largest absolute Gasteiger partial charge is 0.371 e. The number of amides is 1. The molecule has 1 saturated carbocycles. The Morgan fingerprint density at radius 3 is 2.76 bits per heavy atom. The summed E-state index contributed by atoms with van der Waals surface area (Å²) in [5, 5.41) is 10.4. The third kappa shape index (κ3) is 4.10. The first kappa shape index (κ1) is 17.7. The van der Waals surface area contributed by atoms with Crippen LogP contribution in [0.2, 0.25) is 0 Å². The first-order valence-corrected chi connectivity index (χ1v) is 9.03. The predicted molar refractivity (Wildman–Crippen MR) is 97.3 cm³/mol. The van der Waals surface area contributed by atoms with E-state index < -0.39 is 0 Å². The Morgan fingerprint density at radius 2 is 2.08 bits per heavy atom. The summed E-state index contributed by atoms with van der Waals surface area (Å²) in [6.07, 6.45) is 3.14. The molecule has 0 saturated heterocycles. The van der Waals surface area contributed by atoms with Crippen molar-refractivity contribution in [3.8, 4) is 0 Å². The van der Waals surface area contributed by atoms with Crippen LogP contribution in [0.15, 0.2) is 30.3 Å². The molecule has 3 rings (SSSR count). The van der Waals surface area contributed by atoms with Crippen LogP contribution in [0.3, 0.4) is 0 Å². The van der Waals surface area contributed by atoms with Gasteiger partial charge in [0.05, 0.1) is 30.4 Å². The number of nitrogens with one attached hydrogen (secondary N) is 2. The van der Waals surface area contributed by atoms with Crippen molar-refractivity contribution in [2.45, 2.75) is 64.7 Å². The van der Waals surface area contributed by atoms with Crippen molar-refractivity contribution in [3.05, 3.63) is 52.8 Å². The fraction of sp³-hybridized carbons (Fsp3) is 0.500. The van der Waals surface area contributed by atoms with Gasteiger partial charge in [-0.05, 0) is 45.6 Å². The average molecular weight is 341 g/mol. The lowest BCUT2D eigenvalue weighted by molar-refractivity contribution is -0.124. The van der Waals surface area contributed by atoms with Crippen molar-refractivity contribution in [2.24, 2.45) is 0 Å². The fourth-order valence-electron chi connectivity index (χ4n) is 3.70. The summed E-state index contributed by atoms with van der Waals surface area (Å²) in [4.78, 5) is 12.7. The highest BCUT2D eigenvalue weighted by molar-refractivity contribution is 5.84. The van der Waals surface area contributed by atoms with E-state index in [0.29, 0.717) is 6.61 Å². The Labute approximate surface area is 149 Å². The number of hydrogen-bond acceptors (Lipinski definition) is 3. The highest BCUT2D eigenvalue weighted by Gasteiger charge is 2.31. The number of benzene rings is 1. The van der Waals surface area contributed by atoms with Crippen LogP contribution < -0.4 is 5.32 Å². The number of aromatic amines is 1. The second-order valence-electron chi connectivity index (χ2n) is 6.95. The molecule has 0 radical (unpaired) electrons. The van der Waals surface area contributed by atoms with Gasteiger partial charge in [0, 0.05) is 11.3 Å². The van der Waals surface area contributed by atoms with E-state index >= 15 is 0 Å². The molecule has 3 unspecified atom stereocenters. The van der Waals surface area contributed by atoms with E-state index in [4.69, 9.17) is 4.74 Å². The first-order chi connectivity index (χ1) is 12.1. The number of carbonyl (C=O) groups excluding carboxylic acids is 1. The van der Waals surface area contributed by atoms with Crippen molar-refractivity contribution in [3.63, 3.8) is 0 Å². The van der Waals surface area contributed by atoms with E-state index in [1.165, 1.54) is 0 Å². The third-order valence-corrected chi connectivity index (χ3v) is 5.10. The molecule has 1 fully saturated rings. The minimum atomic E-state index is -0.214. The van der Waals surface area contributed by atoms with Crippen LogP contribution >= 0.6 is 0 Å². The van der Waals surface area contributed by atoms with Crippen molar-refractivity contribution in [2.75, 3.05) is 0 Å². The second kappa shape index (κ2) is 7.83. The van der Waals surface area contributed by atoms with Gasteiger partial charge in [-0.2, -0.15) is 5.10 Å². The zero-order chi connectivity index (χ0) is 17.8. The SMILES string of the molecule is Cc1n[nH]c(C)c1C(C)C(=O)NC1CCCC1OCc1ccccc1. The van der Waals surface area contributed by atoms with Crippen LogP contribution in [0, 0.1) is 13.8 Å². The van der Waals surface area contributed by atoms with E-state index in [0.717, 1.165) is 41.8 Å². The molecule has 5 heteroatoms. The van der Waals surface area contributed by atoms with Gasteiger partial charge in [0.15, 0.2) is 0 Å². The van der Waals surface area contributed by atoms with Gasteiger partial charge in [0.1, 0.15) is 0 Å². The van der Waals surface area contributed by atoms with Gasteiger partial charge in [-0.1, -0.05) is 30.3 Å². The lowest BCUT2D eigenvalue weighted by atomic mass is 9.98. The lowest BCUT2D eigenvalue weighted by Crippen LogP contribution is -2.42. The molecule has 1 amide bonds. The maximum absolute atomic E-state index is 12.7. The Hall–Kier alpha value is -2.14. The monoisotopic (exact) mass is 341 g/mol. The molecule has 25 heavy (non-hydrogen) atoms. The quantitative estimate of drug-likeness (QED) is 0.846. The minimum absolute atomic E-state index is 0.0489. The number of hydrogen-bond donors (Lipinski definition) is 2. The van der Waals surface area contributed by atoms with Gasteiger partial charge in [-0.3, -0.25) is 9.89 Å². The molecule has 1 aliphatic rings. The predicted octanol–water partition coefficient (Wildman–Crippen LogP) is 3.38. The van der Waals surface area contributed by atoms with Crippen molar-refractivity contribution < 1.29 is 9.53 Å². The van der Waals surface area contributed by atoms with Gasteiger partial charge in [0.25, 0.3) is 0 Å². The number of nitrogens with zero attached hydrogens (tertiary/aromatic N) is 1. The van der Waals surface area contributed by atoms with E-state index in [1.807, 2.05) is 39.0 Å². The number of ether oxygens (including phenoxy) is 1.